The van der Waals surface area contributed by atoms with E-state index in [1.807, 2.05) is 0 Å². The third kappa shape index (κ3) is 1.99. The summed E-state index contributed by atoms with van der Waals surface area (Å²) < 4.78 is 24.8. The van der Waals surface area contributed by atoms with Crippen LogP contribution in [0.4, 0.5) is 0 Å². The Morgan fingerprint density at radius 1 is 1.15 bits per heavy atom. The molecule has 0 amide bonds. The molecule has 1 aromatic carbocycles. The third-order valence-electron chi connectivity index (χ3n) is 1.55. The molecule has 0 N–H and O–H groups in total. The standard InChI is InChI=1S/C8H9BO4/c1-11-6-4-3-5-7(12-2)8(6)13-9-10/h3-5H,1-2H3. The molecule has 68 valence electrons. The maximum atomic E-state index is 10.2. The van der Waals surface area contributed by atoms with E-state index in [1.54, 1.807) is 18.2 Å². The fourth-order valence-electron chi connectivity index (χ4n) is 0.981. The van der Waals surface area contributed by atoms with Crippen molar-refractivity contribution in [2.75, 3.05) is 14.2 Å². The van der Waals surface area contributed by atoms with Gasteiger partial charge >= 0.3 is 75.9 Å². The topological polar surface area (TPSA) is 44.8 Å². The Morgan fingerprint density at radius 2 is 1.69 bits per heavy atom. The average molecular weight is 180 g/mol. The van der Waals surface area contributed by atoms with E-state index in [9.17, 15) is 4.70 Å². The molecule has 1 aromatic rings. The Morgan fingerprint density at radius 3 is 2.08 bits per heavy atom. The molecule has 0 spiro atoms. The molecule has 5 heteroatoms. The molecular formula is C8H9BO4. The fourth-order valence-corrected chi connectivity index (χ4v) is 0.981. The predicted octanol–water partition coefficient (Wildman–Crippen LogP) is 1.05. The molecule has 0 saturated carbocycles. The van der Waals surface area contributed by atoms with E-state index in [4.69, 9.17) is 14.1 Å². The van der Waals surface area contributed by atoms with Crippen molar-refractivity contribution in [2.24, 2.45) is 0 Å². The second-order valence-corrected chi connectivity index (χ2v) is 2.21. The minimum atomic E-state index is 0.294. The van der Waals surface area contributed by atoms with E-state index < -0.39 is 0 Å². The van der Waals surface area contributed by atoms with Gasteiger partial charge in [0.15, 0.2) is 0 Å². The van der Waals surface area contributed by atoms with Gasteiger partial charge in [0.25, 0.3) is 0 Å². The number of methoxy groups -OCH3 is 2. The van der Waals surface area contributed by atoms with E-state index in [0.29, 0.717) is 24.6 Å². The summed E-state index contributed by atoms with van der Waals surface area (Å²) in [6, 6.07) is 5.11. The van der Waals surface area contributed by atoms with Crippen molar-refractivity contribution < 1.29 is 18.8 Å². The molecule has 0 unspecified atom stereocenters. The van der Waals surface area contributed by atoms with Gasteiger partial charge in [-0.3, -0.25) is 0 Å². The van der Waals surface area contributed by atoms with E-state index in [1.165, 1.54) is 14.2 Å². The second kappa shape index (κ2) is 4.50. The van der Waals surface area contributed by atoms with Crippen LogP contribution < -0.4 is 14.1 Å². The van der Waals surface area contributed by atoms with Gasteiger partial charge in [-0.2, -0.15) is 0 Å². The molecule has 0 aliphatic carbocycles. The van der Waals surface area contributed by atoms with Crippen LogP contribution in [0.5, 0.6) is 17.2 Å². The number of hydrogen-bond donors (Lipinski definition) is 0. The summed E-state index contributed by atoms with van der Waals surface area (Å²) in [5.74, 6) is 1.22. The molecule has 0 heterocycles. The van der Waals surface area contributed by atoms with Gasteiger partial charge in [0.2, 0.25) is 0 Å². The second-order valence-electron chi connectivity index (χ2n) is 2.21. The molecule has 1 rings (SSSR count). The summed E-state index contributed by atoms with van der Waals surface area (Å²) in [7, 11) is 3.32. The van der Waals surface area contributed by atoms with Crippen LogP contribution in [-0.2, 0) is 4.70 Å². The molecule has 4 nitrogen and oxygen atoms in total. The van der Waals surface area contributed by atoms with Gasteiger partial charge < -0.3 is 0 Å². The van der Waals surface area contributed by atoms with Gasteiger partial charge in [-0.25, -0.2) is 0 Å². The Balaban J connectivity index is 3.12. The van der Waals surface area contributed by atoms with Crippen molar-refractivity contribution in [2.45, 2.75) is 0 Å². The molecule has 0 aliphatic heterocycles. The molecule has 0 radical (unpaired) electrons. The van der Waals surface area contributed by atoms with Gasteiger partial charge in [-0.15, -0.1) is 0 Å². The first-order chi connectivity index (χ1) is 6.33. The van der Waals surface area contributed by atoms with E-state index >= 15 is 0 Å². The van der Waals surface area contributed by atoms with E-state index in [0.717, 1.165) is 0 Å². The van der Waals surface area contributed by atoms with Crippen LogP contribution in [0.2, 0.25) is 0 Å². The van der Waals surface area contributed by atoms with Crippen LogP contribution in [0.25, 0.3) is 0 Å². The molecular weight excluding hydrogens is 171 g/mol. The van der Waals surface area contributed by atoms with Crippen LogP contribution in [0, 0.1) is 0 Å². The molecule has 0 saturated heterocycles. The Kier molecular flexibility index (Phi) is 3.31. The molecule has 0 atom stereocenters. The summed E-state index contributed by atoms with van der Waals surface area (Å²) in [6.45, 7) is 0. The van der Waals surface area contributed by atoms with Crippen molar-refractivity contribution in [1.82, 2.24) is 0 Å². The number of benzene rings is 1. The van der Waals surface area contributed by atoms with Crippen molar-refractivity contribution in [3.05, 3.63) is 18.2 Å². The minimum absolute atomic E-state index is 0.294. The molecule has 0 aromatic heterocycles. The number of ether oxygens (including phenoxy) is 2. The zero-order chi connectivity index (χ0) is 9.68. The van der Waals surface area contributed by atoms with Crippen LogP contribution in [0.1, 0.15) is 0 Å². The van der Waals surface area contributed by atoms with Crippen molar-refractivity contribution in [1.29, 1.82) is 0 Å². The van der Waals surface area contributed by atoms with Gasteiger partial charge in [-0.1, -0.05) is 0 Å². The number of hydrogen-bond acceptors (Lipinski definition) is 4. The summed E-state index contributed by atoms with van der Waals surface area (Å²) in [5, 5.41) is 0. The van der Waals surface area contributed by atoms with Gasteiger partial charge in [0.05, 0.1) is 0 Å². The Hall–Kier alpha value is -1.52. The van der Waals surface area contributed by atoms with Crippen LogP contribution >= 0.6 is 0 Å². The molecule has 0 bridgehead atoms. The Bertz CT molecular complexity index is 278. The first kappa shape index (κ1) is 9.57. The normalized spacial score (nSPS) is 8.77. The number of para-hydroxylation sites is 1. The zero-order valence-corrected chi connectivity index (χ0v) is 7.44. The van der Waals surface area contributed by atoms with Crippen LogP contribution in [-0.4, -0.2) is 21.6 Å². The monoisotopic (exact) mass is 180 g/mol. The third-order valence-corrected chi connectivity index (χ3v) is 1.55. The van der Waals surface area contributed by atoms with E-state index in [-0.39, 0.29) is 0 Å². The molecule has 13 heavy (non-hydrogen) atoms. The number of rotatable bonds is 4. The summed E-state index contributed by atoms with van der Waals surface area (Å²) in [6.07, 6.45) is 0. The van der Waals surface area contributed by atoms with Crippen molar-refractivity contribution in [3.63, 3.8) is 0 Å². The average Bonchev–Trinajstić information content (AvgIpc) is 2.18. The van der Waals surface area contributed by atoms with Crippen LogP contribution in [0.15, 0.2) is 18.2 Å². The summed E-state index contributed by atoms with van der Waals surface area (Å²) in [5.41, 5.74) is 0. The van der Waals surface area contributed by atoms with Gasteiger partial charge in [0, 0.05) is 0 Å². The summed E-state index contributed by atoms with van der Waals surface area (Å²) >= 11 is 0. The predicted molar refractivity (Wildman–Crippen MR) is 46.6 cm³/mol. The van der Waals surface area contributed by atoms with Gasteiger partial charge in [-0.05, 0) is 0 Å². The van der Waals surface area contributed by atoms with E-state index in [2.05, 4.69) is 0 Å². The van der Waals surface area contributed by atoms with Crippen LogP contribution in [0.3, 0.4) is 0 Å². The first-order valence-electron chi connectivity index (χ1n) is 3.64. The molecule has 0 aliphatic rings. The first-order valence-corrected chi connectivity index (χ1v) is 3.64. The van der Waals surface area contributed by atoms with Crippen molar-refractivity contribution >= 4 is 7.35 Å². The van der Waals surface area contributed by atoms with Crippen molar-refractivity contribution in [3.8, 4) is 17.2 Å². The quantitative estimate of drug-likeness (QED) is 0.649. The summed E-state index contributed by atoms with van der Waals surface area (Å²) in [4.78, 5) is 0. The maximum absolute atomic E-state index is 10.2. The zero-order valence-electron chi connectivity index (χ0n) is 7.44. The Labute approximate surface area is 76.7 Å². The SMILES string of the molecule is COc1cccc(OC)c1OB=O. The van der Waals surface area contributed by atoms with Gasteiger partial charge in [0.1, 0.15) is 0 Å². The fraction of sp³-hybridized carbons (Fsp3) is 0.250. The molecule has 0 fully saturated rings.